The first-order valence-corrected chi connectivity index (χ1v) is 6.92. The van der Waals surface area contributed by atoms with Crippen LogP contribution in [0.3, 0.4) is 0 Å². The number of aromatic nitrogens is 2. The number of aliphatic imine (C=N–C) groups is 1. The van der Waals surface area contributed by atoms with E-state index in [1.807, 2.05) is 6.07 Å². The Kier molecular flexibility index (Phi) is 5.06. The second-order valence-electron chi connectivity index (χ2n) is 5.35. The van der Waals surface area contributed by atoms with E-state index in [0.717, 1.165) is 5.69 Å². The average molecular weight is 375 g/mol. The van der Waals surface area contributed by atoms with Gasteiger partial charge in [0.05, 0.1) is 18.3 Å². The molecule has 106 valence electrons. The van der Waals surface area contributed by atoms with E-state index in [0.29, 0.717) is 24.6 Å². The fourth-order valence-electron chi connectivity index (χ4n) is 2.48. The molecule has 1 heterocycles. The second-order valence-corrected chi connectivity index (χ2v) is 5.35. The zero-order chi connectivity index (χ0) is 12.4. The molecule has 3 N–H and O–H groups in total. The van der Waals surface area contributed by atoms with Crippen molar-refractivity contribution in [2.24, 2.45) is 10.7 Å². The average Bonchev–Trinajstić information content (AvgIpc) is 2.87. The van der Waals surface area contributed by atoms with Crippen molar-refractivity contribution < 1.29 is 0 Å². The summed E-state index contributed by atoms with van der Waals surface area (Å²) in [6, 6.07) is 3.21. The van der Waals surface area contributed by atoms with Crippen molar-refractivity contribution in [1.82, 2.24) is 15.1 Å². The molecule has 1 aromatic rings. The number of halogens is 1. The van der Waals surface area contributed by atoms with Gasteiger partial charge in [0, 0.05) is 12.2 Å². The Hall–Kier alpha value is -0.790. The SMILES string of the molecule is I.NC(=NCc1ccn(C2CCCC2)n1)NC1CC1. The van der Waals surface area contributed by atoms with Gasteiger partial charge >= 0.3 is 0 Å². The number of guanidine groups is 1. The topological polar surface area (TPSA) is 68.2 Å². The summed E-state index contributed by atoms with van der Waals surface area (Å²) in [5.74, 6) is 0.549. The minimum absolute atomic E-state index is 0. The fourth-order valence-corrected chi connectivity index (χ4v) is 2.48. The molecule has 0 saturated heterocycles. The lowest BCUT2D eigenvalue weighted by Crippen LogP contribution is -2.33. The molecular weight excluding hydrogens is 353 g/mol. The van der Waals surface area contributed by atoms with E-state index in [4.69, 9.17) is 5.73 Å². The van der Waals surface area contributed by atoms with Gasteiger partial charge in [0.15, 0.2) is 5.96 Å². The molecule has 2 fully saturated rings. The molecular formula is C13H22IN5. The summed E-state index contributed by atoms with van der Waals surface area (Å²) in [6.45, 7) is 0.575. The standard InChI is InChI=1S/C13H21N5.HI/c14-13(16-10-5-6-10)15-9-11-7-8-18(17-11)12-3-1-2-4-12;/h7-8,10,12H,1-6,9H2,(H3,14,15,16);1H. The van der Waals surface area contributed by atoms with Crippen LogP contribution in [0, 0.1) is 0 Å². The van der Waals surface area contributed by atoms with Crippen LogP contribution in [0.1, 0.15) is 50.3 Å². The van der Waals surface area contributed by atoms with Crippen LogP contribution in [0.5, 0.6) is 0 Å². The number of nitrogens with two attached hydrogens (primary N) is 1. The summed E-state index contributed by atoms with van der Waals surface area (Å²) in [5, 5.41) is 7.76. The molecule has 6 heteroatoms. The Morgan fingerprint density at radius 2 is 2.11 bits per heavy atom. The van der Waals surface area contributed by atoms with Crippen molar-refractivity contribution in [2.75, 3.05) is 0 Å². The first kappa shape index (κ1) is 14.6. The Morgan fingerprint density at radius 3 is 2.79 bits per heavy atom. The third kappa shape index (κ3) is 4.09. The lowest BCUT2D eigenvalue weighted by atomic mass is 10.3. The van der Waals surface area contributed by atoms with Gasteiger partial charge in [0.2, 0.25) is 0 Å². The van der Waals surface area contributed by atoms with E-state index in [-0.39, 0.29) is 24.0 Å². The van der Waals surface area contributed by atoms with Crippen molar-refractivity contribution in [1.29, 1.82) is 0 Å². The zero-order valence-corrected chi connectivity index (χ0v) is 13.4. The molecule has 2 saturated carbocycles. The number of hydrogen-bond acceptors (Lipinski definition) is 2. The highest BCUT2D eigenvalue weighted by molar-refractivity contribution is 14.0. The number of nitrogens with zero attached hydrogens (tertiary/aromatic N) is 3. The molecule has 0 bridgehead atoms. The summed E-state index contributed by atoms with van der Waals surface area (Å²) in [6.07, 6.45) is 9.68. The monoisotopic (exact) mass is 375 g/mol. The Labute approximate surface area is 131 Å². The van der Waals surface area contributed by atoms with Crippen molar-refractivity contribution >= 4 is 29.9 Å². The van der Waals surface area contributed by atoms with Crippen molar-refractivity contribution in [3.05, 3.63) is 18.0 Å². The molecule has 0 amide bonds. The summed E-state index contributed by atoms with van der Waals surface area (Å²) in [5.41, 5.74) is 6.80. The molecule has 2 aliphatic carbocycles. The number of rotatable bonds is 4. The molecule has 0 spiro atoms. The van der Waals surface area contributed by atoms with Gasteiger partial charge in [0.1, 0.15) is 0 Å². The van der Waals surface area contributed by atoms with Crippen LogP contribution in [0.25, 0.3) is 0 Å². The molecule has 0 unspecified atom stereocenters. The third-order valence-electron chi connectivity index (χ3n) is 3.70. The molecule has 3 rings (SSSR count). The zero-order valence-electron chi connectivity index (χ0n) is 11.1. The smallest absolute Gasteiger partial charge is 0.189 e. The van der Waals surface area contributed by atoms with E-state index in [1.54, 1.807) is 0 Å². The third-order valence-corrected chi connectivity index (χ3v) is 3.70. The Bertz CT molecular complexity index is 432. The molecule has 0 radical (unpaired) electrons. The van der Waals surface area contributed by atoms with Gasteiger partial charge < -0.3 is 11.1 Å². The van der Waals surface area contributed by atoms with E-state index in [2.05, 4.69) is 26.3 Å². The van der Waals surface area contributed by atoms with Gasteiger partial charge in [-0.25, -0.2) is 4.99 Å². The maximum absolute atomic E-state index is 5.80. The first-order valence-electron chi connectivity index (χ1n) is 6.92. The highest BCUT2D eigenvalue weighted by Gasteiger charge is 2.21. The number of nitrogens with one attached hydrogen (secondary N) is 1. The summed E-state index contributed by atoms with van der Waals surface area (Å²) < 4.78 is 2.10. The van der Waals surface area contributed by atoms with E-state index >= 15 is 0 Å². The summed E-state index contributed by atoms with van der Waals surface area (Å²) in [4.78, 5) is 4.32. The highest BCUT2D eigenvalue weighted by atomic mass is 127. The van der Waals surface area contributed by atoms with Gasteiger partial charge in [-0.15, -0.1) is 24.0 Å². The van der Waals surface area contributed by atoms with Crippen LogP contribution in [0.15, 0.2) is 17.3 Å². The lowest BCUT2D eigenvalue weighted by Gasteiger charge is -2.08. The van der Waals surface area contributed by atoms with Gasteiger partial charge in [-0.3, -0.25) is 4.68 Å². The molecule has 5 nitrogen and oxygen atoms in total. The van der Waals surface area contributed by atoms with Crippen molar-refractivity contribution in [3.8, 4) is 0 Å². The molecule has 1 aromatic heterocycles. The van der Waals surface area contributed by atoms with Crippen LogP contribution < -0.4 is 11.1 Å². The van der Waals surface area contributed by atoms with Crippen LogP contribution in [0.4, 0.5) is 0 Å². The van der Waals surface area contributed by atoms with Gasteiger partial charge in [-0.1, -0.05) is 12.8 Å². The number of hydrogen-bond donors (Lipinski definition) is 2. The summed E-state index contributed by atoms with van der Waals surface area (Å²) >= 11 is 0. The second kappa shape index (κ2) is 6.58. The quantitative estimate of drug-likeness (QED) is 0.482. The molecule has 0 aromatic carbocycles. The van der Waals surface area contributed by atoms with E-state index in [9.17, 15) is 0 Å². The lowest BCUT2D eigenvalue weighted by molar-refractivity contribution is 0.463. The maximum atomic E-state index is 5.80. The molecule has 2 aliphatic rings. The van der Waals surface area contributed by atoms with E-state index < -0.39 is 0 Å². The Balaban J connectivity index is 0.00000133. The van der Waals surface area contributed by atoms with Crippen molar-refractivity contribution in [3.63, 3.8) is 0 Å². The van der Waals surface area contributed by atoms with Gasteiger partial charge in [-0.05, 0) is 31.7 Å². The van der Waals surface area contributed by atoms with Gasteiger partial charge in [0.25, 0.3) is 0 Å². The van der Waals surface area contributed by atoms with Crippen molar-refractivity contribution in [2.45, 2.75) is 57.2 Å². The highest BCUT2D eigenvalue weighted by Crippen LogP contribution is 2.28. The predicted molar refractivity (Wildman–Crippen MR) is 86.6 cm³/mol. The van der Waals surface area contributed by atoms with Crippen LogP contribution in [0.2, 0.25) is 0 Å². The first-order chi connectivity index (χ1) is 8.81. The largest absolute Gasteiger partial charge is 0.370 e. The normalized spacial score (nSPS) is 20.3. The van der Waals surface area contributed by atoms with E-state index in [1.165, 1.54) is 38.5 Å². The summed E-state index contributed by atoms with van der Waals surface area (Å²) in [7, 11) is 0. The van der Waals surface area contributed by atoms with Crippen LogP contribution in [-0.4, -0.2) is 21.8 Å². The minimum atomic E-state index is 0. The maximum Gasteiger partial charge on any atom is 0.189 e. The predicted octanol–water partition coefficient (Wildman–Crippen LogP) is 2.18. The minimum Gasteiger partial charge on any atom is -0.370 e. The fraction of sp³-hybridized carbons (Fsp3) is 0.692. The molecule has 0 aliphatic heterocycles. The molecule has 19 heavy (non-hydrogen) atoms. The van der Waals surface area contributed by atoms with Crippen LogP contribution in [-0.2, 0) is 6.54 Å². The Morgan fingerprint density at radius 1 is 1.37 bits per heavy atom. The van der Waals surface area contributed by atoms with Crippen LogP contribution >= 0.6 is 24.0 Å². The molecule has 0 atom stereocenters. The van der Waals surface area contributed by atoms with Gasteiger partial charge in [-0.2, -0.15) is 5.10 Å².